The van der Waals surface area contributed by atoms with Gasteiger partial charge in [0.15, 0.2) is 5.78 Å². The largest absolute Gasteiger partial charge is 0.508 e. The van der Waals surface area contributed by atoms with Crippen molar-refractivity contribution in [2.24, 2.45) is 0 Å². The number of carbonyl (C=O) groups excluding carboxylic acids is 2. The van der Waals surface area contributed by atoms with Crippen LogP contribution in [0.3, 0.4) is 0 Å². The summed E-state index contributed by atoms with van der Waals surface area (Å²) >= 11 is 0. The van der Waals surface area contributed by atoms with Crippen molar-refractivity contribution in [3.8, 4) is 11.5 Å². The number of benzene rings is 1. The lowest BCUT2D eigenvalue weighted by Gasteiger charge is -2.36. The van der Waals surface area contributed by atoms with Crippen LogP contribution in [-0.4, -0.2) is 29.6 Å². The van der Waals surface area contributed by atoms with E-state index in [2.05, 4.69) is 4.74 Å². The minimum Gasteiger partial charge on any atom is -0.508 e. The van der Waals surface area contributed by atoms with Gasteiger partial charge < -0.3 is 14.6 Å². The van der Waals surface area contributed by atoms with Crippen LogP contribution in [0.4, 0.5) is 0 Å². The molecular formula is C17H22O5. The predicted molar refractivity (Wildman–Crippen MR) is 81.3 cm³/mol. The zero-order valence-corrected chi connectivity index (χ0v) is 13.3. The monoisotopic (exact) mass is 306 g/mol. The van der Waals surface area contributed by atoms with E-state index in [1.54, 1.807) is 12.1 Å². The highest BCUT2D eigenvalue weighted by Crippen LogP contribution is 2.41. The first-order chi connectivity index (χ1) is 10.4. The number of hydrogen-bond acceptors (Lipinski definition) is 5. The molecule has 0 saturated carbocycles. The molecule has 1 aliphatic rings. The number of Topliss-reactive ketones (excluding diaryl/α,β-unsaturated/α-hetero) is 1. The van der Waals surface area contributed by atoms with Crippen LogP contribution in [0.5, 0.6) is 11.5 Å². The average Bonchev–Trinajstić information content (AvgIpc) is 2.48. The van der Waals surface area contributed by atoms with E-state index in [0.29, 0.717) is 29.7 Å². The smallest absolute Gasteiger partial charge is 0.305 e. The molecule has 0 amide bonds. The van der Waals surface area contributed by atoms with E-state index in [1.807, 2.05) is 13.8 Å². The Hall–Kier alpha value is -2.04. The van der Waals surface area contributed by atoms with Crippen molar-refractivity contribution in [1.29, 1.82) is 0 Å². The maximum Gasteiger partial charge on any atom is 0.305 e. The van der Waals surface area contributed by atoms with Crippen LogP contribution in [0.25, 0.3) is 0 Å². The molecule has 0 bridgehead atoms. The van der Waals surface area contributed by atoms with E-state index in [-0.39, 0.29) is 30.3 Å². The third kappa shape index (κ3) is 3.24. The number of ketones is 1. The average molecular weight is 306 g/mol. The highest BCUT2D eigenvalue weighted by Gasteiger charge is 2.38. The Labute approximate surface area is 130 Å². The minimum atomic E-state index is -0.755. The molecule has 1 unspecified atom stereocenters. The Balaban J connectivity index is 2.32. The van der Waals surface area contributed by atoms with Crippen LogP contribution in [0, 0.1) is 0 Å². The summed E-state index contributed by atoms with van der Waals surface area (Å²) in [5, 5.41) is 10.0. The molecule has 0 fully saturated rings. The van der Waals surface area contributed by atoms with Crippen LogP contribution >= 0.6 is 0 Å². The van der Waals surface area contributed by atoms with Gasteiger partial charge in [-0.1, -0.05) is 13.3 Å². The number of phenols is 1. The first kappa shape index (κ1) is 16.3. The summed E-state index contributed by atoms with van der Waals surface area (Å²) in [5.74, 6) is 0.259. The fourth-order valence-corrected chi connectivity index (χ4v) is 2.77. The molecule has 0 aromatic heterocycles. The van der Waals surface area contributed by atoms with Gasteiger partial charge in [0.2, 0.25) is 0 Å². The van der Waals surface area contributed by atoms with Crippen molar-refractivity contribution in [2.75, 3.05) is 7.11 Å². The van der Waals surface area contributed by atoms with Gasteiger partial charge in [0.05, 0.1) is 19.1 Å². The van der Waals surface area contributed by atoms with Gasteiger partial charge in [-0.3, -0.25) is 9.59 Å². The van der Waals surface area contributed by atoms with Gasteiger partial charge in [-0.05, 0) is 31.9 Å². The fourth-order valence-electron chi connectivity index (χ4n) is 2.77. The zero-order valence-electron chi connectivity index (χ0n) is 13.3. The van der Waals surface area contributed by atoms with Crippen molar-refractivity contribution in [1.82, 2.24) is 0 Å². The number of carbonyl (C=O) groups is 2. The summed E-state index contributed by atoms with van der Waals surface area (Å²) in [6, 6.07) is 3.15. The number of ether oxygens (including phenoxy) is 2. The Morgan fingerprint density at radius 3 is 2.82 bits per heavy atom. The van der Waals surface area contributed by atoms with Crippen LogP contribution in [0.2, 0.25) is 0 Å². The number of fused-ring (bicyclic) bond motifs is 1. The van der Waals surface area contributed by atoms with Gasteiger partial charge in [0.1, 0.15) is 17.1 Å². The molecule has 1 heterocycles. The third-order valence-electron chi connectivity index (χ3n) is 4.00. The Bertz CT molecular complexity index is 593. The number of esters is 1. The molecule has 5 nitrogen and oxygen atoms in total. The number of phenolic OH excluding ortho intramolecular Hbond substituents is 1. The lowest BCUT2D eigenvalue weighted by molar-refractivity contribution is -0.141. The molecule has 1 atom stereocenters. The van der Waals surface area contributed by atoms with E-state index in [4.69, 9.17) is 4.74 Å². The van der Waals surface area contributed by atoms with Gasteiger partial charge in [0, 0.05) is 12.0 Å². The molecule has 0 saturated heterocycles. The van der Waals surface area contributed by atoms with Crippen molar-refractivity contribution < 1.29 is 24.2 Å². The Kier molecular flexibility index (Phi) is 4.74. The maximum atomic E-state index is 12.4. The summed E-state index contributed by atoms with van der Waals surface area (Å²) in [6.07, 6.45) is 2.27. The zero-order chi connectivity index (χ0) is 16.3. The molecule has 1 aromatic rings. The van der Waals surface area contributed by atoms with Crippen molar-refractivity contribution >= 4 is 11.8 Å². The summed E-state index contributed by atoms with van der Waals surface area (Å²) in [4.78, 5) is 23.7. The molecule has 5 heteroatoms. The Morgan fingerprint density at radius 1 is 1.45 bits per heavy atom. The molecule has 0 radical (unpaired) electrons. The summed E-state index contributed by atoms with van der Waals surface area (Å²) in [6.45, 7) is 3.82. The lowest BCUT2D eigenvalue weighted by Crippen LogP contribution is -2.40. The summed E-state index contributed by atoms with van der Waals surface area (Å²) in [7, 11) is 1.34. The number of hydrogen-bond donors (Lipinski definition) is 1. The molecule has 0 aliphatic carbocycles. The molecular weight excluding hydrogens is 284 g/mol. The van der Waals surface area contributed by atoms with E-state index in [1.165, 1.54) is 7.11 Å². The van der Waals surface area contributed by atoms with Crippen LogP contribution < -0.4 is 4.74 Å². The van der Waals surface area contributed by atoms with E-state index < -0.39 is 5.60 Å². The van der Waals surface area contributed by atoms with E-state index in [9.17, 15) is 14.7 Å². The molecule has 1 aliphatic heterocycles. The topological polar surface area (TPSA) is 72.8 Å². The highest BCUT2D eigenvalue weighted by molar-refractivity contribution is 6.01. The quantitative estimate of drug-likeness (QED) is 0.847. The first-order valence-corrected chi connectivity index (χ1v) is 7.54. The second kappa shape index (κ2) is 6.38. The van der Waals surface area contributed by atoms with Gasteiger partial charge in [-0.25, -0.2) is 0 Å². The normalized spacial score (nSPS) is 20.2. The van der Waals surface area contributed by atoms with E-state index in [0.717, 1.165) is 6.42 Å². The van der Waals surface area contributed by atoms with E-state index >= 15 is 0 Å². The third-order valence-corrected chi connectivity index (χ3v) is 4.00. The number of methoxy groups -OCH3 is 1. The van der Waals surface area contributed by atoms with Crippen molar-refractivity contribution in [3.05, 3.63) is 23.3 Å². The molecule has 1 aromatic carbocycles. The molecule has 0 spiro atoms. The fraction of sp³-hybridized carbons (Fsp3) is 0.529. The molecule has 2 rings (SSSR count). The minimum absolute atomic E-state index is 0.0223. The van der Waals surface area contributed by atoms with Gasteiger partial charge in [0.25, 0.3) is 0 Å². The molecule has 1 N–H and O–H groups in total. The lowest BCUT2D eigenvalue weighted by atomic mass is 9.86. The summed E-state index contributed by atoms with van der Waals surface area (Å²) < 4.78 is 10.7. The molecule has 22 heavy (non-hydrogen) atoms. The van der Waals surface area contributed by atoms with Gasteiger partial charge in [-0.15, -0.1) is 0 Å². The number of aromatic hydroxyl groups is 1. The van der Waals surface area contributed by atoms with Crippen LogP contribution in [-0.2, 0) is 16.0 Å². The molecule has 120 valence electrons. The second-order valence-corrected chi connectivity index (χ2v) is 5.92. The summed E-state index contributed by atoms with van der Waals surface area (Å²) in [5.41, 5.74) is 0.420. The van der Waals surface area contributed by atoms with Crippen LogP contribution in [0.1, 0.15) is 55.5 Å². The second-order valence-electron chi connectivity index (χ2n) is 5.92. The van der Waals surface area contributed by atoms with Crippen molar-refractivity contribution in [2.45, 2.75) is 51.6 Å². The standard InChI is InChI=1S/C17H22O5/c1-4-5-11-13(18)7-6-12-14(19)10-17(2,22-16(11)12)9-8-15(20)21-3/h6-7,18H,4-5,8-10H2,1-3H3. The number of rotatable bonds is 5. The highest BCUT2D eigenvalue weighted by atomic mass is 16.5. The predicted octanol–water partition coefficient (Wildman–Crippen LogP) is 3.02. The van der Waals surface area contributed by atoms with Crippen molar-refractivity contribution in [3.63, 3.8) is 0 Å². The van der Waals surface area contributed by atoms with Gasteiger partial charge >= 0.3 is 5.97 Å². The van der Waals surface area contributed by atoms with Crippen LogP contribution in [0.15, 0.2) is 12.1 Å². The van der Waals surface area contributed by atoms with Gasteiger partial charge in [-0.2, -0.15) is 0 Å². The Morgan fingerprint density at radius 2 is 2.18 bits per heavy atom. The SMILES string of the molecule is CCCc1c(O)ccc2c1OC(C)(CCC(=O)OC)CC2=O. The maximum absolute atomic E-state index is 12.4. The first-order valence-electron chi connectivity index (χ1n) is 7.54.